The Kier molecular flexibility index (Phi) is 8.31. The minimum absolute atomic E-state index is 0.0764. The van der Waals surface area contributed by atoms with E-state index in [2.05, 4.69) is 39.4 Å². The highest BCUT2D eigenvalue weighted by Gasteiger charge is 2.25. The van der Waals surface area contributed by atoms with Crippen LogP contribution < -0.4 is 10.1 Å². The maximum atomic E-state index is 12.6. The van der Waals surface area contributed by atoms with Gasteiger partial charge in [0.2, 0.25) is 17.6 Å². The van der Waals surface area contributed by atoms with Gasteiger partial charge in [-0.2, -0.15) is 4.98 Å². The van der Waals surface area contributed by atoms with Gasteiger partial charge in [0.25, 0.3) is 0 Å². The van der Waals surface area contributed by atoms with Crippen LogP contribution >= 0.6 is 0 Å². The first kappa shape index (κ1) is 24.0. The van der Waals surface area contributed by atoms with Gasteiger partial charge in [-0.1, -0.05) is 47.1 Å². The van der Waals surface area contributed by atoms with E-state index < -0.39 is 0 Å². The van der Waals surface area contributed by atoms with Crippen LogP contribution in [-0.4, -0.2) is 47.2 Å². The lowest BCUT2D eigenvalue weighted by molar-refractivity contribution is -0.126. The van der Waals surface area contributed by atoms with Crippen LogP contribution in [-0.2, 0) is 17.8 Å². The number of nitrogens with one attached hydrogen (secondary N) is 1. The summed E-state index contributed by atoms with van der Waals surface area (Å²) in [7, 11) is 0. The topological polar surface area (TPSA) is 80.5 Å². The number of carbonyl (C=O) groups is 1. The molecule has 0 unspecified atom stereocenters. The fraction of sp³-hybridized carbons (Fsp3) is 0.444. The van der Waals surface area contributed by atoms with E-state index in [0.717, 1.165) is 50.1 Å². The molecule has 0 radical (unpaired) electrons. The average molecular weight is 463 g/mol. The molecule has 0 bridgehead atoms. The second-order valence-electron chi connectivity index (χ2n) is 8.90. The maximum absolute atomic E-state index is 12.6. The largest absolute Gasteiger partial charge is 0.494 e. The normalized spacial score (nSPS) is 14.8. The molecule has 180 valence electrons. The summed E-state index contributed by atoms with van der Waals surface area (Å²) in [6.45, 7) is 7.75. The third kappa shape index (κ3) is 6.67. The van der Waals surface area contributed by atoms with Crippen LogP contribution in [0.1, 0.15) is 43.2 Å². The molecule has 7 heteroatoms. The Balaban J connectivity index is 1.14. The van der Waals surface area contributed by atoms with Crippen molar-refractivity contribution in [3.63, 3.8) is 0 Å². The summed E-state index contributed by atoms with van der Waals surface area (Å²) in [6, 6.07) is 16.3. The maximum Gasteiger partial charge on any atom is 0.241 e. The number of nitrogens with zero attached hydrogens (tertiary/aromatic N) is 3. The van der Waals surface area contributed by atoms with Gasteiger partial charge in [0.1, 0.15) is 5.75 Å². The summed E-state index contributed by atoms with van der Waals surface area (Å²) in [5.41, 5.74) is 3.42. The molecule has 1 N–H and O–H groups in total. The summed E-state index contributed by atoms with van der Waals surface area (Å²) in [6.07, 6.45) is 3.58. The number of ether oxygens (including phenoxy) is 1. The van der Waals surface area contributed by atoms with Crippen molar-refractivity contribution >= 4 is 5.91 Å². The Hall–Kier alpha value is -3.19. The zero-order valence-corrected chi connectivity index (χ0v) is 20.1. The van der Waals surface area contributed by atoms with Crippen molar-refractivity contribution < 1.29 is 14.1 Å². The van der Waals surface area contributed by atoms with Crippen molar-refractivity contribution in [2.75, 3.05) is 26.2 Å². The van der Waals surface area contributed by atoms with Crippen LogP contribution in [0, 0.1) is 12.8 Å². The average Bonchev–Trinajstić information content (AvgIpc) is 3.32. The molecule has 4 rings (SSSR count). The Morgan fingerprint density at radius 2 is 1.85 bits per heavy atom. The van der Waals surface area contributed by atoms with Crippen molar-refractivity contribution in [1.82, 2.24) is 20.4 Å². The zero-order valence-electron chi connectivity index (χ0n) is 20.1. The third-order valence-corrected chi connectivity index (χ3v) is 6.27. The molecule has 1 amide bonds. The van der Waals surface area contributed by atoms with Crippen molar-refractivity contribution in [3.8, 4) is 17.1 Å². The highest BCUT2D eigenvalue weighted by Crippen LogP contribution is 2.21. The highest BCUT2D eigenvalue weighted by molar-refractivity contribution is 5.78. The summed E-state index contributed by atoms with van der Waals surface area (Å²) in [5, 5.41) is 7.24. The molecule has 7 nitrogen and oxygen atoms in total. The molecule has 0 aliphatic carbocycles. The standard InChI is InChI=1S/C27H34N4O3/c1-3-33-24-12-8-21(9-13-24)5-4-16-28-27(32)23-14-17-31(18-15-23)19-25-29-26(30-34-25)22-10-6-20(2)7-11-22/h6-13,23H,3-5,14-19H2,1-2H3,(H,28,32). The quantitative estimate of drug-likeness (QED) is 0.450. The van der Waals surface area contributed by atoms with Gasteiger partial charge in [-0.3, -0.25) is 9.69 Å². The van der Waals surface area contributed by atoms with E-state index >= 15 is 0 Å². The summed E-state index contributed by atoms with van der Waals surface area (Å²) in [5.74, 6) is 2.39. The number of benzene rings is 2. The molecule has 3 aromatic rings. The van der Waals surface area contributed by atoms with E-state index in [0.29, 0.717) is 31.4 Å². The summed E-state index contributed by atoms with van der Waals surface area (Å²) >= 11 is 0. The lowest BCUT2D eigenvalue weighted by Crippen LogP contribution is -2.40. The molecule has 1 aliphatic heterocycles. The van der Waals surface area contributed by atoms with Crippen molar-refractivity contribution in [1.29, 1.82) is 0 Å². The lowest BCUT2D eigenvalue weighted by atomic mass is 9.96. The van der Waals surface area contributed by atoms with Crippen LogP contribution in [0.15, 0.2) is 53.1 Å². The van der Waals surface area contributed by atoms with Gasteiger partial charge >= 0.3 is 0 Å². The van der Waals surface area contributed by atoms with Crippen LogP contribution in [0.25, 0.3) is 11.4 Å². The monoisotopic (exact) mass is 462 g/mol. The predicted molar refractivity (Wildman–Crippen MR) is 131 cm³/mol. The van der Waals surface area contributed by atoms with Gasteiger partial charge in [-0.25, -0.2) is 0 Å². The first-order chi connectivity index (χ1) is 16.6. The number of rotatable bonds is 10. The van der Waals surface area contributed by atoms with E-state index in [1.165, 1.54) is 11.1 Å². The molecule has 2 heterocycles. The van der Waals surface area contributed by atoms with Gasteiger partial charge in [0.05, 0.1) is 13.2 Å². The van der Waals surface area contributed by atoms with Gasteiger partial charge in [0.15, 0.2) is 0 Å². The van der Waals surface area contributed by atoms with Crippen molar-refractivity contribution in [2.45, 2.75) is 46.1 Å². The molecule has 0 saturated carbocycles. The van der Waals surface area contributed by atoms with E-state index in [9.17, 15) is 4.79 Å². The highest BCUT2D eigenvalue weighted by atomic mass is 16.5. The SMILES string of the molecule is CCOc1ccc(CCCNC(=O)C2CCN(Cc3nc(-c4ccc(C)cc4)no3)CC2)cc1. The Morgan fingerprint density at radius 1 is 1.12 bits per heavy atom. The van der Waals surface area contributed by atoms with Gasteiger partial charge in [0, 0.05) is 18.0 Å². The van der Waals surface area contributed by atoms with Crippen molar-refractivity contribution in [2.24, 2.45) is 5.92 Å². The van der Waals surface area contributed by atoms with Gasteiger partial charge in [-0.05, 0) is 70.3 Å². The molecule has 0 spiro atoms. The molecule has 1 fully saturated rings. The third-order valence-electron chi connectivity index (χ3n) is 6.27. The number of piperidine rings is 1. The van der Waals surface area contributed by atoms with Crippen molar-refractivity contribution in [3.05, 3.63) is 65.5 Å². The minimum Gasteiger partial charge on any atom is -0.494 e. The van der Waals surface area contributed by atoms with Crippen LogP contribution in [0.4, 0.5) is 0 Å². The molecular formula is C27H34N4O3. The van der Waals surface area contributed by atoms with E-state index in [4.69, 9.17) is 9.26 Å². The number of aromatic nitrogens is 2. The van der Waals surface area contributed by atoms with Gasteiger partial charge < -0.3 is 14.6 Å². The number of aryl methyl sites for hydroxylation is 2. The Morgan fingerprint density at radius 3 is 2.56 bits per heavy atom. The Bertz CT molecular complexity index is 1040. The molecule has 1 aliphatic rings. The van der Waals surface area contributed by atoms with Crippen LogP contribution in [0.2, 0.25) is 0 Å². The smallest absolute Gasteiger partial charge is 0.241 e. The second kappa shape index (κ2) is 11.8. The van der Waals surface area contributed by atoms with Gasteiger partial charge in [-0.15, -0.1) is 0 Å². The zero-order chi connectivity index (χ0) is 23.8. The first-order valence-electron chi connectivity index (χ1n) is 12.2. The number of likely N-dealkylation sites (tertiary alicyclic amines) is 1. The molecule has 1 aromatic heterocycles. The van der Waals surface area contributed by atoms with E-state index in [1.54, 1.807) is 0 Å². The molecule has 1 saturated heterocycles. The lowest BCUT2D eigenvalue weighted by Gasteiger charge is -2.30. The van der Waals surface area contributed by atoms with Crippen LogP contribution in [0.5, 0.6) is 5.75 Å². The van der Waals surface area contributed by atoms with E-state index in [-0.39, 0.29) is 11.8 Å². The molecule has 34 heavy (non-hydrogen) atoms. The number of hydrogen-bond acceptors (Lipinski definition) is 6. The molecule has 0 atom stereocenters. The van der Waals surface area contributed by atoms with E-state index in [1.807, 2.05) is 43.3 Å². The fourth-order valence-corrected chi connectivity index (χ4v) is 4.25. The predicted octanol–water partition coefficient (Wildman–Crippen LogP) is 4.40. The number of amides is 1. The number of carbonyl (C=O) groups excluding carboxylic acids is 1. The molecule has 2 aromatic carbocycles. The number of hydrogen-bond donors (Lipinski definition) is 1. The summed E-state index contributed by atoms with van der Waals surface area (Å²) in [4.78, 5) is 19.4. The minimum atomic E-state index is 0.0764. The second-order valence-corrected chi connectivity index (χ2v) is 8.90. The fourth-order valence-electron chi connectivity index (χ4n) is 4.25. The van der Waals surface area contributed by atoms with Crippen LogP contribution in [0.3, 0.4) is 0 Å². The Labute approximate surface area is 201 Å². The summed E-state index contributed by atoms with van der Waals surface area (Å²) < 4.78 is 10.9. The molecular weight excluding hydrogens is 428 g/mol. The first-order valence-corrected chi connectivity index (χ1v) is 12.2.